The molecule has 2 aromatic rings. The van der Waals surface area contributed by atoms with Crippen LogP contribution in [-0.4, -0.2) is 18.1 Å². The van der Waals surface area contributed by atoms with Crippen LogP contribution < -0.4 is 10.2 Å². The quantitative estimate of drug-likeness (QED) is 0.381. The van der Waals surface area contributed by atoms with E-state index in [0.717, 1.165) is 31.2 Å². The molecule has 1 aromatic carbocycles. The molecule has 1 fully saturated rings. The summed E-state index contributed by atoms with van der Waals surface area (Å²) in [4.78, 5) is 24.4. The fraction of sp³-hybridized carbons (Fsp3) is 0.316. The number of hydrogen-bond acceptors (Lipinski definition) is 5. The van der Waals surface area contributed by atoms with Gasteiger partial charge in [0.25, 0.3) is 0 Å². The second-order valence-corrected chi connectivity index (χ2v) is 6.95. The number of amides is 1. The summed E-state index contributed by atoms with van der Waals surface area (Å²) < 4.78 is 5.29. The lowest BCUT2D eigenvalue weighted by Crippen LogP contribution is -2.28. The third kappa shape index (κ3) is 5.00. The van der Waals surface area contributed by atoms with Crippen LogP contribution in [0.2, 0.25) is 0 Å². The Hall–Kier alpha value is -2.47. The lowest BCUT2D eigenvalue weighted by atomic mass is 9.89. The van der Waals surface area contributed by atoms with E-state index in [0.29, 0.717) is 10.6 Å². The van der Waals surface area contributed by atoms with Gasteiger partial charge in [-0.1, -0.05) is 25.3 Å². The molecule has 1 saturated carbocycles. The molecule has 1 N–H and O–H groups in total. The first-order chi connectivity index (χ1) is 12.2. The van der Waals surface area contributed by atoms with E-state index in [1.165, 1.54) is 17.8 Å². The van der Waals surface area contributed by atoms with Crippen molar-refractivity contribution in [2.24, 2.45) is 11.0 Å². The zero-order valence-corrected chi connectivity index (χ0v) is 14.6. The van der Waals surface area contributed by atoms with E-state index in [4.69, 9.17) is 4.74 Å². The van der Waals surface area contributed by atoms with Crippen molar-refractivity contribution < 1.29 is 14.3 Å². The summed E-state index contributed by atoms with van der Waals surface area (Å²) in [5.74, 6) is 0.195. The predicted octanol–water partition coefficient (Wildman–Crippen LogP) is 4.00. The first kappa shape index (κ1) is 17.4. The second kappa shape index (κ2) is 8.58. The van der Waals surface area contributed by atoms with E-state index in [9.17, 15) is 9.59 Å². The zero-order valence-electron chi connectivity index (χ0n) is 13.8. The van der Waals surface area contributed by atoms with Crippen molar-refractivity contribution in [3.05, 3.63) is 52.2 Å². The molecular formula is C19H20N2O3S. The molecule has 3 rings (SSSR count). The molecule has 25 heavy (non-hydrogen) atoms. The van der Waals surface area contributed by atoms with Crippen molar-refractivity contribution in [1.82, 2.24) is 5.43 Å². The van der Waals surface area contributed by atoms with Crippen molar-refractivity contribution in [2.45, 2.75) is 32.1 Å². The minimum absolute atomic E-state index is 0.00236. The highest BCUT2D eigenvalue weighted by Gasteiger charge is 2.20. The molecule has 0 bridgehead atoms. The molecule has 0 unspecified atom stereocenters. The van der Waals surface area contributed by atoms with Crippen LogP contribution in [0.3, 0.4) is 0 Å². The number of carbonyl (C=O) groups excluding carboxylic acids is 2. The van der Waals surface area contributed by atoms with Gasteiger partial charge in [0.1, 0.15) is 10.6 Å². The average Bonchev–Trinajstić information content (AvgIpc) is 3.19. The van der Waals surface area contributed by atoms with Crippen molar-refractivity contribution >= 4 is 29.4 Å². The number of ether oxygens (including phenoxy) is 1. The molecule has 0 spiro atoms. The smallest absolute Gasteiger partial charge is 0.353 e. The molecule has 1 amide bonds. The van der Waals surface area contributed by atoms with Crippen molar-refractivity contribution in [1.29, 1.82) is 0 Å². The number of carbonyl (C=O) groups is 2. The predicted molar refractivity (Wildman–Crippen MR) is 98.0 cm³/mol. The number of hydrazone groups is 1. The van der Waals surface area contributed by atoms with Crippen LogP contribution in [0.25, 0.3) is 0 Å². The Balaban J connectivity index is 1.50. The molecule has 1 aromatic heterocycles. The standard InChI is InChI=1S/C19H20N2O3S/c22-18(15-5-2-1-3-6-15)21-20-13-14-8-10-16(11-9-14)24-19(23)17-7-4-12-25-17/h4,7-13,15H,1-3,5-6H2,(H,21,22)/b20-13-. The fourth-order valence-corrected chi connectivity index (χ4v) is 3.40. The van der Waals surface area contributed by atoms with Gasteiger partial charge in [-0.05, 0) is 54.1 Å². The molecule has 130 valence electrons. The third-order valence-electron chi connectivity index (χ3n) is 4.18. The van der Waals surface area contributed by atoms with Crippen LogP contribution in [0.5, 0.6) is 5.75 Å². The maximum atomic E-state index is 12.0. The van der Waals surface area contributed by atoms with Gasteiger partial charge in [-0.25, -0.2) is 10.2 Å². The Morgan fingerprint density at radius 3 is 2.56 bits per heavy atom. The van der Waals surface area contributed by atoms with E-state index in [2.05, 4.69) is 10.5 Å². The largest absolute Gasteiger partial charge is 0.422 e. The Kier molecular flexibility index (Phi) is 5.95. The monoisotopic (exact) mass is 356 g/mol. The molecule has 0 atom stereocenters. The second-order valence-electron chi connectivity index (χ2n) is 6.01. The van der Waals surface area contributed by atoms with Gasteiger partial charge in [0.2, 0.25) is 5.91 Å². The number of nitrogens with zero attached hydrogens (tertiary/aromatic N) is 1. The molecule has 0 radical (unpaired) electrons. The van der Waals surface area contributed by atoms with Crippen LogP contribution in [0.1, 0.15) is 47.3 Å². The zero-order chi connectivity index (χ0) is 17.5. The number of benzene rings is 1. The summed E-state index contributed by atoms with van der Waals surface area (Å²) in [7, 11) is 0. The Bertz CT molecular complexity index is 733. The van der Waals surface area contributed by atoms with E-state index < -0.39 is 0 Å². The molecule has 0 saturated heterocycles. The first-order valence-electron chi connectivity index (χ1n) is 8.41. The van der Waals surface area contributed by atoms with Crippen molar-refractivity contribution in [3.63, 3.8) is 0 Å². The van der Waals surface area contributed by atoms with Crippen LogP contribution in [0, 0.1) is 5.92 Å². The van der Waals surface area contributed by atoms with Gasteiger partial charge in [-0.15, -0.1) is 11.3 Å². The summed E-state index contributed by atoms with van der Waals surface area (Å²) in [6, 6.07) is 10.5. The van der Waals surface area contributed by atoms with Gasteiger partial charge in [0.05, 0.1) is 6.21 Å². The number of thiophene rings is 1. The van der Waals surface area contributed by atoms with Gasteiger partial charge in [0.15, 0.2) is 0 Å². The molecule has 1 aliphatic carbocycles. The molecule has 1 aliphatic rings. The normalized spacial score (nSPS) is 15.2. The van der Waals surface area contributed by atoms with Gasteiger partial charge in [-0.3, -0.25) is 4.79 Å². The van der Waals surface area contributed by atoms with Gasteiger partial charge in [-0.2, -0.15) is 5.10 Å². The maximum absolute atomic E-state index is 12.0. The maximum Gasteiger partial charge on any atom is 0.353 e. The van der Waals surface area contributed by atoms with E-state index in [1.54, 1.807) is 36.5 Å². The van der Waals surface area contributed by atoms with Gasteiger partial charge >= 0.3 is 5.97 Å². The van der Waals surface area contributed by atoms with E-state index >= 15 is 0 Å². The fourth-order valence-electron chi connectivity index (χ4n) is 2.80. The van der Waals surface area contributed by atoms with Crippen LogP contribution in [0.4, 0.5) is 0 Å². The summed E-state index contributed by atoms with van der Waals surface area (Å²) >= 11 is 1.34. The molecule has 5 nitrogen and oxygen atoms in total. The highest BCUT2D eigenvalue weighted by molar-refractivity contribution is 7.12. The Labute approximate surface area is 150 Å². The highest BCUT2D eigenvalue weighted by atomic mass is 32.1. The Morgan fingerprint density at radius 1 is 1.12 bits per heavy atom. The Morgan fingerprint density at radius 2 is 1.88 bits per heavy atom. The van der Waals surface area contributed by atoms with Crippen LogP contribution in [0.15, 0.2) is 46.9 Å². The van der Waals surface area contributed by atoms with Crippen molar-refractivity contribution in [3.8, 4) is 5.75 Å². The first-order valence-corrected chi connectivity index (χ1v) is 9.29. The summed E-state index contributed by atoms with van der Waals surface area (Å²) in [5.41, 5.74) is 3.43. The lowest BCUT2D eigenvalue weighted by molar-refractivity contribution is -0.125. The highest BCUT2D eigenvalue weighted by Crippen LogP contribution is 2.23. The summed E-state index contributed by atoms with van der Waals surface area (Å²) in [5, 5.41) is 5.85. The van der Waals surface area contributed by atoms with E-state index in [-0.39, 0.29) is 17.8 Å². The minimum Gasteiger partial charge on any atom is -0.422 e. The van der Waals surface area contributed by atoms with E-state index in [1.807, 2.05) is 11.4 Å². The molecule has 0 aliphatic heterocycles. The van der Waals surface area contributed by atoms with Crippen LogP contribution >= 0.6 is 11.3 Å². The third-order valence-corrected chi connectivity index (χ3v) is 5.03. The van der Waals surface area contributed by atoms with Crippen LogP contribution in [-0.2, 0) is 4.79 Å². The SMILES string of the molecule is O=C(Oc1ccc(/C=N\NC(=O)C2CCCCC2)cc1)c1cccs1. The summed E-state index contributed by atoms with van der Waals surface area (Å²) in [6.45, 7) is 0. The topological polar surface area (TPSA) is 67.8 Å². The average molecular weight is 356 g/mol. The molecule has 6 heteroatoms. The lowest BCUT2D eigenvalue weighted by Gasteiger charge is -2.19. The molecule has 1 heterocycles. The van der Waals surface area contributed by atoms with Crippen molar-refractivity contribution in [2.75, 3.05) is 0 Å². The summed E-state index contributed by atoms with van der Waals surface area (Å²) in [6.07, 6.45) is 6.94. The van der Waals surface area contributed by atoms with Gasteiger partial charge in [0, 0.05) is 5.92 Å². The number of rotatable bonds is 5. The number of hydrogen-bond donors (Lipinski definition) is 1. The molecular weight excluding hydrogens is 336 g/mol. The van der Waals surface area contributed by atoms with Gasteiger partial charge < -0.3 is 4.74 Å². The minimum atomic E-state index is -0.365. The number of nitrogens with one attached hydrogen (secondary N) is 1. The number of esters is 1.